The standard InChI is InChI=1S/C20H14BrF4N3O/c1-28-7-6-27-19(28)18(13-3-4-14(10-26)16(21)9-13)29-11-12-2-5-17(22)15(8-12)20(23,24)25/h2-9,18H,11H2,1H3. The van der Waals surface area contributed by atoms with E-state index in [1.165, 1.54) is 6.07 Å². The zero-order valence-corrected chi connectivity index (χ0v) is 16.6. The van der Waals surface area contributed by atoms with Crippen LogP contribution in [0, 0.1) is 17.1 Å². The normalized spacial score (nSPS) is 12.6. The van der Waals surface area contributed by atoms with Gasteiger partial charge in [0.05, 0.1) is 17.7 Å². The van der Waals surface area contributed by atoms with Crippen molar-refractivity contribution in [3.8, 4) is 6.07 Å². The van der Waals surface area contributed by atoms with Gasteiger partial charge in [0, 0.05) is 23.9 Å². The quantitative estimate of drug-likeness (QED) is 0.464. The maximum absolute atomic E-state index is 13.5. The van der Waals surface area contributed by atoms with Crippen LogP contribution in [0.15, 0.2) is 53.3 Å². The lowest BCUT2D eigenvalue weighted by molar-refractivity contribution is -0.140. The highest BCUT2D eigenvalue weighted by atomic mass is 79.9. The Balaban J connectivity index is 1.93. The summed E-state index contributed by atoms with van der Waals surface area (Å²) >= 11 is 3.32. The third-order valence-corrected chi connectivity index (χ3v) is 4.92. The average molecular weight is 468 g/mol. The van der Waals surface area contributed by atoms with E-state index in [1.807, 2.05) is 6.07 Å². The molecule has 0 saturated carbocycles. The molecule has 0 bridgehead atoms. The molecule has 150 valence electrons. The second-order valence-electron chi connectivity index (χ2n) is 6.25. The minimum atomic E-state index is -4.79. The van der Waals surface area contributed by atoms with Crippen molar-refractivity contribution >= 4 is 15.9 Å². The van der Waals surface area contributed by atoms with Crippen LogP contribution in [0.2, 0.25) is 0 Å². The van der Waals surface area contributed by atoms with E-state index in [4.69, 9.17) is 10.00 Å². The summed E-state index contributed by atoms with van der Waals surface area (Å²) in [6, 6.07) is 9.79. The van der Waals surface area contributed by atoms with Gasteiger partial charge in [0.2, 0.25) is 0 Å². The van der Waals surface area contributed by atoms with Gasteiger partial charge < -0.3 is 9.30 Å². The number of hydrogen-bond donors (Lipinski definition) is 0. The van der Waals surface area contributed by atoms with Crippen molar-refractivity contribution in [3.05, 3.63) is 87.2 Å². The van der Waals surface area contributed by atoms with Gasteiger partial charge in [0.25, 0.3) is 0 Å². The van der Waals surface area contributed by atoms with Crippen molar-refractivity contribution in [1.29, 1.82) is 5.26 Å². The molecular formula is C20H14BrF4N3O. The molecule has 3 aromatic rings. The minimum absolute atomic E-state index is 0.172. The van der Waals surface area contributed by atoms with Crippen LogP contribution in [0.3, 0.4) is 0 Å². The predicted octanol–water partition coefficient (Wildman–Crippen LogP) is 5.52. The van der Waals surface area contributed by atoms with Gasteiger partial charge in [-0.15, -0.1) is 0 Å². The summed E-state index contributed by atoms with van der Waals surface area (Å²) in [5, 5.41) is 9.09. The second-order valence-corrected chi connectivity index (χ2v) is 7.10. The Labute approximate surface area is 172 Å². The van der Waals surface area contributed by atoms with E-state index < -0.39 is 23.7 Å². The zero-order chi connectivity index (χ0) is 21.2. The Morgan fingerprint density at radius 3 is 2.59 bits per heavy atom. The molecule has 1 heterocycles. The molecule has 1 unspecified atom stereocenters. The number of halogens is 5. The molecule has 1 aromatic heterocycles. The first-order valence-electron chi connectivity index (χ1n) is 8.34. The van der Waals surface area contributed by atoms with E-state index in [2.05, 4.69) is 20.9 Å². The molecule has 9 heteroatoms. The van der Waals surface area contributed by atoms with Crippen LogP contribution >= 0.6 is 15.9 Å². The fourth-order valence-electron chi connectivity index (χ4n) is 2.79. The number of hydrogen-bond acceptors (Lipinski definition) is 3. The van der Waals surface area contributed by atoms with E-state index >= 15 is 0 Å². The summed E-state index contributed by atoms with van der Waals surface area (Å²) < 4.78 is 60.6. The highest BCUT2D eigenvalue weighted by Crippen LogP contribution is 2.33. The van der Waals surface area contributed by atoms with E-state index in [0.29, 0.717) is 21.4 Å². The Hall–Kier alpha value is -2.70. The van der Waals surface area contributed by atoms with E-state index in [1.54, 1.807) is 42.2 Å². The lowest BCUT2D eigenvalue weighted by Crippen LogP contribution is -2.13. The number of alkyl halides is 3. The van der Waals surface area contributed by atoms with Crippen molar-refractivity contribution in [2.75, 3.05) is 0 Å². The van der Waals surface area contributed by atoms with Crippen LogP contribution in [-0.4, -0.2) is 9.55 Å². The smallest absolute Gasteiger partial charge is 0.361 e. The van der Waals surface area contributed by atoms with Crippen LogP contribution < -0.4 is 0 Å². The molecule has 0 N–H and O–H groups in total. The summed E-state index contributed by atoms with van der Waals surface area (Å²) in [6.07, 6.45) is -2.22. The topological polar surface area (TPSA) is 50.8 Å². The molecule has 4 nitrogen and oxygen atoms in total. The van der Waals surface area contributed by atoms with Gasteiger partial charge in [-0.25, -0.2) is 9.37 Å². The molecule has 0 aliphatic rings. The van der Waals surface area contributed by atoms with Crippen LogP contribution in [-0.2, 0) is 24.6 Å². The number of nitriles is 1. The van der Waals surface area contributed by atoms with Crippen molar-refractivity contribution in [2.45, 2.75) is 18.9 Å². The summed E-state index contributed by atoms with van der Waals surface area (Å²) in [5.41, 5.74) is -0.0806. The van der Waals surface area contributed by atoms with Gasteiger partial charge >= 0.3 is 6.18 Å². The summed E-state index contributed by atoms with van der Waals surface area (Å²) in [7, 11) is 1.76. The van der Waals surface area contributed by atoms with Crippen LogP contribution in [0.25, 0.3) is 0 Å². The molecule has 0 fully saturated rings. The average Bonchev–Trinajstić information content (AvgIpc) is 3.08. The maximum atomic E-state index is 13.5. The van der Waals surface area contributed by atoms with Gasteiger partial charge in [-0.2, -0.15) is 18.4 Å². The first-order valence-corrected chi connectivity index (χ1v) is 9.14. The highest BCUT2D eigenvalue weighted by Gasteiger charge is 2.34. The summed E-state index contributed by atoms with van der Waals surface area (Å²) in [5.74, 6) is -0.808. The Morgan fingerprint density at radius 1 is 1.24 bits per heavy atom. The fourth-order valence-corrected chi connectivity index (χ4v) is 3.28. The molecule has 0 saturated heterocycles. The van der Waals surface area contributed by atoms with E-state index in [-0.39, 0.29) is 12.2 Å². The number of nitrogens with zero attached hydrogens (tertiary/aromatic N) is 3. The summed E-state index contributed by atoms with van der Waals surface area (Å²) in [6.45, 7) is -0.196. The van der Waals surface area contributed by atoms with Crippen molar-refractivity contribution in [1.82, 2.24) is 9.55 Å². The number of ether oxygens (including phenoxy) is 1. The van der Waals surface area contributed by atoms with Gasteiger partial charge in [-0.3, -0.25) is 0 Å². The van der Waals surface area contributed by atoms with Gasteiger partial charge in [0.15, 0.2) is 0 Å². The molecule has 1 atom stereocenters. The maximum Gasteiger partial charge on any atom is 0.419 e. The van der Waals surface area contributed by atoms with Crippen LogP contribution in [0.1, 0.15) is 34.2 Å². The lowest BCUT2D eigenvalue weighted by Gasteiger charge is -2.19. The Morgan fingerprint density at radius 2 is 2.00 bits per heavy atom. The van der Waals surface area contributed by atoms with Gasteiger partial charge in [-0.1, -0.05) is 12.1 Å². The first-order chi connectivity index (χ1) is 13.7. The zero-order valence-electron chi connectivity index (χ0n) is 15.0. The highest BCUT2D eigenvalue weighted by molar-refractivity contribution is 9.10. The van der Waals surface area contributed by atoms with Crippen molar-refractivity contribution < 1.29 is 22.3 Å². The van der Waals surface area contributed by atoms with E-state index in [0.717, 1.165) is 12.1 Å². The Kier molecular flexibility index (Phi) is 6.05. The number of benzene rings is 2. The number of rotatable bonds is 5. The molecule has 2 aromatic carbocycles. The molecule has 29 heavy (non-hydrogen) atoms. The third-order valence-electron chi connectivity index (χ3n) is 4.26. The SMILES string of the molecule is Cn1ccnc1C(OCc1ccc(F)c(C(F)(F)F)c1)c1ccc(C#N)c(Br)c1. The molecular weight excluding hydrogens is 454 g/mol. The van der Waals surface area contributed by atoms with Crippen molar-refractivity contribution in [3.63, 3.8) is 0 Å². The monoisotopic (exact) mass is 467 g/mol. The van der Waals surface area contributed by atoms with Crippen LogP contribution in [0.4, 0.5) is 17.6 Å². The second kappa shape index (κ2) is 8.35. The van der Waals surface area contributed by atoms with E-state index in [9.17, 15) is 17.6 Å². The molecule has 0 aliphatic heterocycles. The van der Waals surface area contributed by atoms with Gasteiger partial charge in [-0.05, 0) is 51.3 Å². The first kappa shape index (κ1) is 21.0. The molecule has 0 radical (unpaired) electrons. The van der Waals surface area contributed by atoms with Crippen molar-refractivity contribution in [2.24, 2.45) is 7.05 Å². The molecule has 0 amide bonds. The molecule has 0 spiro atoms. The fraction of sp³-hybridized carbons (Fsp3) is 0.200. The largest absolute Gasteiger partial charge is 0.419 e. The molecule has 3 rings (SSSR count). The lowest BCUT2D eigenvalue weighted by atomic mass is 10.1. The van der Waals surface area contributed by atoms with Gasteiger partial charge in [0.1, 0.15) is 23.8 Å². The third kappa shape index (κ3) is 4.66. The number of imidazole rings is 1. The number of aromatic nitrogens is 2. The number of aryl methyl sites for hydroxylation is 1. The molecule has 0 aliphatic carbocycles. The minimum Gasteiger partial charge on any atom is -0.361 e. The summed E-state index contributed by atoms with van der Waals surface area (Å²) in [4.78, 5) is 4.27. The van der Waals surface area contributed by atoms with Crippen LogP contribution in [0.5, 0.6) is 0 Å². The Bertz CT molecular complexity index is 1070. The predicted molar refractivity (Wildman–Crippen MR) is 100 cm³/mol.